The molecule has 1 aliphatic rings. The molecule has 2 aromatic rings. The van der Waals surface area contributed by atoms with Crippen LogP contribution in [0.4, 0.5) is 0 Å². The highest BCUT2D eigenvalue weighted by Gasteiger charge is 2.14. The van der Waals surface area contributed by atoms with Gasteiger partial charge in [-0.1, -0.05) is 12.1 Å². The van der Waals surface area contributed by atoms with Crippen molar-refractivity contribution in [3.63, 3.8) is 0 Å². The third kappa shape index (κ3) is 4.70. The summed E-state index contributed by atoms with van der Waals surface area (Å²) in [7, 11) is 1.68. The number of benzene rings is 1. The number of methoxy groups -OCH3 is 1. The second kappa shape index (κ2) is 8.34. The number of nitrogens with one attached hydrogen (secondary N) is 1. The molecule has 124 valence electrons. The number of ether oxygens (including phenoxy) is 3. The molecule has 0 bridgehead atoms. The Bertz CT molecular complexity index is 594. The molecule has 4 nitrogen and oxygen atoms in total. The first-order chi connectivity index (χ1) is 11.3. The normalized spacial score (nSPS) is 17.3. The van der Waals surface area contributed by atoms with Crippen LogP contribution in [-0.2, 0) is 17.9 Å². The fourth-order valence-electron chi connectivity index (χ4n) is 2.67. The molecule has 0 amide bonds. The van der Waals surface area contributed by atoms with E-state index in [9.17, 15) is 0 Å². The Morgan fingerprint density at radius 2 is 2.26 bits per heavy atom. The number of thiophene rings is 1. The zero-order chi connectivity index (χ0) is 15.9. The molecule has 2 heterocycles. The second-order valence-corrected chi connectivity index (χ2v) is 6.65. The summed E-state index contributed by atoms with van der Waals surface area (Å²) in [6, 6.07) is 10.2. The molecule has 1 aliphatic heterocycles. The van der Waals surface area contributed by atoms with Crippen molar-refractivity contribution in [1.82, 2.24) is 5.32 Å². The van der Waals surface area contributed by atoms with E-state index in [1.165, 1.54) is 16.9 Å². The van der Waals surface area contributed by atoms with Gasteiger partial charge in [0.25, 0.3) is 0 Å². The summed E-state index contributed by atoms with van der Waals surface area (Å²) >= 11 is 1.69. The molecule has 1 N–H and O–H groups in total. The lowest BCUT2D eigenvalue weighted by atomic mass is 10.2. The van der Waals surface area contributed by atoms with E-state index in [1.54, 1.807) is 18.4 Å². The summed E-state index contributed by atoms with van der Waals surface area (Å²) in [4.78, 5) is 1.20. The molecule has 23 heavy (non-hydrogen) atoms. The molecule has 0 spiro atoms. The number of hydrogen-bond acceptors (Lipinski definition) is 5. The summed E-state index contributed by atoms with van der Waals surface area (Å²) in [5.41, 5.74) is 1.18. The average molecular weight is 333 g/mol. The standard InChI is InChI=1S/C18H23NO3S/c1-20-18-10-14(11-19-12-15-4-2-8-21-15)6-7-17(18)22-13-16-5-3-9-23-16/h3,5-7,9-10,15,19H,2,4,8,11-13H2,1H3/t15-/m1/s1. The minimum absolute atomic E-state index is 0.366. The van der Waals surface area contributed by atoms with E-state index in [0.717, 1.165) is 37.6 Å². The highest BCUT2D eigenvalue weighted by Crippen LogP contribution is 2.29. The highest BCUT2D eigenvalue weighted by atomic mass is 32.1. The number of hydrogen-bond donors (Lipinski definition) is 1. The van der Waals surface area contributed by atoms with Gasteiger partial charge in [-0.15, -0.1) is 11.3 Å². The topological polar surface area (TPSA) is 39.7 Å². The Balaban J connectivity index is 1.53. The van der Waals surface area contributed by atoms with E-state index in [4.69, 9.17) is 14.2 Å². The van der Waals surface area contributed by atoms with Crippen molar-refractivity contribution in [3.05, 3.63) is 46.2 Å². The van der Waals surface area contributed by atoms with Crippen molar-refractivity contribution in [3.8, 4) is 11.5 Å². The smallest absolute Gasteiger partial charge is 0.161 e. The van der Waals surface area contributed by atoms with Crippen LogP contribution in [0.1, 0.15) is 23.3 Å². The van der Waals surface area contributed by atoms with Crippen molar-refractivity contribution in [1.29, 1.82) is 0 Å². The third-order valence-corrected chi connectivity index (χ3v) is 4.75. The van der Waals surface area contributed by atoms with Gasteiger partial charge in [0.15, 0.2) is 11.5 Å². The van der Waals surface area contributed by atoms with Crippen LogP contribution in [-0.4, -0.2) is 26.4 Å². The van der Waals surface area contributed by atoms with Crippen LogP contribution in [0.25, 0.3) is 0 Å². The maximum atomic E-state index is 5.86. The minimum atomic E-state index is 0.366. The van der Waals surface area contributed by atoms with E-state index < -0.39 is 0 Å². The fourth-order valence-corrected chi connectivity index (χ4v) is 3.28. The van der Waals surface area contributed by atoms with E-state index in [0.29, 0.717) is 12.7 Å². The quantitative estimate of drug-likeness (QED) is 0.801. The van der Waals surface area contributed by atoms with Gasteiger partial charge in [0.1, 0.15) is 6.61 Å². The molecule has 1 aromatic heterocycles. The van der Waals surface area contributed by atoms with Gasteiger partial charge in [0.2, 0.25) is 0 Å². The van der Waals surface area contributed by atoms with Crippen molar-refractivity contribution in [2.24, 2.45) is 0 Å². The van der Waals surface area contributed by atoms with E-state index in [2.05, 4.69) is 22.8 Å². The summed E-state index contributed by atoms with van der Waals surface area (Å²) in [6.07, 6.45) is 2.70. The van der Waals surface area contributed by atoms with Gasteiger partial charge >= 0.3 is 0 Å². The molecule has 0 radical (unpaired) electrons. The second-order valence-electron chi connectivity index (χ2n) is 5.62. The van der Waals surface area contributed by atoms with Crippen molar-refractivity contribution < 1.29 is 14.2 Å². The summed E-state index contributed by atoms with van der Waals surface area (Å²) in [5.74, 6) is 1.56. The molecule has 0 aliphatic carbocycles. The zero-order valence-corrected chi connectivity index (χ0v) is 14.2. The number of rotatable bonds is 8. The van der Waals surface area contributed by atoms with Crippen LogP contribution < -0.4 is 14.8 Å². The van der Waals surface area contributed by atoms with Crippen molar-refractivity contribution >= 4 is 11.3 Å². The van der Waals surface area contributed by atoms with Gasteiger partial charge in [-0.25, -0.2) is 0 Å². The van der Waals surface area contributed by atoms with Crippen LogP contribution in [0, 0.1) is 0 Å². The summed E-state index contributed by atoms with van der Waals surface area (Å²) < 4.78 is 16.9. The molecular formula is C18H23NO3S. The Labute approximate surface area is 141 Å². The predicted octanol–water partition coefficient (Wildman–Crippen LogP) is 3.60. The van der Waals surface area contributed by atoms with Gasteiger partial charge in [-0.2, -0.15) is 0 Å². The maximum Gasteiger partial charge on any atom is 0.161 e. The third-order valence-electron chi connectivity index (χ3n) is 3.90. The zero-order valence-electron chi connectivity index (χ0n) is 13.4. The Kier molecular flexibility index (Phi) is 5.91. The SMILES string of the molecule is COc1cc(CNC[C@H]2CCCO2)ccc1OCc1cccs1. The fraction of sp³-hybridized carbons (Fsp3) is 0.444. The molecule has 1 atom stereocenters. The average Bonchev–Trinajstić information content (AvgIpc) is 3.27. The monoisotopic (exact) mass is 333 g/mol. The lowest BCUT2D eigenvalue weighted by molar-refractivity contribution is 0.110. The summed E-state index contributed by atoms with van der Waals surface area (Å²) in [5, 5.41) is 5.50. The first-order valence-corrected chi connectivity index (χ1v) is 8.87. The first-order valence-electron chi connectivity index (χ1n) is 7.99. The van der Waals surface area contributed by atoms with Crippen molar-refractivity contribution in [2.75, 3.05) is 20.3 Å². The lowest BCUT2D eigenvalue weighted by Crippen LogP contribution is -2.25. The van der Waals surface area contributed by atoms with Gasteiger partial charge in [0.05, 0.1) is 13.2 Å². The van der Waals surface area contributed by atoms with E-state index in [1.807, 2.05) is 18.2 Å². The van der Waals surface area contributed by atoms with Crippen LogP contribution in [0.15, 0.2) is 35.7 Å². The molecular weight excluding hydrogens is 310 g/mol. The predicted molar refractivity (Wildman–Crippen MR) is 92.3 cm³/mol. The van der Waals surface area contributed by atoms with Gasteiger partial charge in [-0.3, -0.25) is 0 Å². The molecule has 5 heteroatoms. The maximum absolute atomic E-state index is 5.86. The van der Waals surface area contributed by atoms with Crippen LogP contribution in [0.5, 0.6) is 11.5 Å². The Morgan fingerprint density at radius 1 is 1.30 bits per heavy atom. The van der Waals surface area contributed by atoms with E-state index >= 15 is 0 Å². The minimum Gasteiger partial charge on any atom is -0.493 e. The molecule has 0 saturated carbocycles. The van der Waals surface area contributed by atoms with Gasteiger partial charge in [0, 0.05) is 24.6 Å². The van der Waals surface area contributed by atoms with Gasteiger partial charge < -0.3 is 19.5 Å². The van der Waals surface area contributed by atoms with E-state index in [-0.39, 0.29) is 0 Å². The largest absolute Gasteiger partial charge is 0.493 e. The molecule has 1 aromatic carbocycles. The molecule has 1 fully saturated rings. The van der Waals surface area contributed by atoms with Crippen molar-refractivity contribution in [2.45, 2.75) is 32.1 Å². The highest BCUT2D eigenvalue weighted by molar-refractivity contribution is 7.09. The lowest BCUT2D eigenvalue weighted by Gasteiger charge is -2.13. The Hall–Kier alpha value is -1.56. The summed E-state index contributed by atoms with van der Waals surface area (Å²) in [6.45, 7) is 3.18. The molecule has 1 saturated heterocycles. The van der Waals surface area contributed by atoms with Crippen LogP contribution in [0.2, 0.25) is 0 Å². The molecule has 3 rings (SSSR count). The molecule has 0 unspecified atom stereocenters. The Morgan fingerprint density at radius 3 is 3.00 bits per heavy atom. The first kappa shape index (κ1) is 16.3. The van der Waals surface area contributed by atoms with Crippen LogP contribution >= 0.6 is 11.3 Å². The van der Waals surface area contributed by atoms with Crippen LogP contribution in [0.3, 0.4) is 0 Å². The van der Waals surface area contributed by atoms with Gasteiger partial charge in [-0.05, 0) is 42.0 Å².